The van der Waals surface area contributed by atoms with Crippen molar-refractivity contribution in [3.63, 3.8) is 0 Å². The SMILES string of the molecule is CCCCn1c(=O)c2ccccc2n2c(SC(C)C(=O)NCc3ccc4c(c3)OCO4)nnc12. The number of thioether (sulfide) groups is 1. The van der Waals surface area contributed by atoms with Gasteiger partial charge < -0.3 is 14.8 Å². The van der Waals surface area contributed by atoms with E-state index in [0.717, 1.165) is 23.9 Å². The first-order valence-corrected chi connectivity index (χ1v) is 12.1. The second-order valence-electron chi connectivity index (χ2n) is 8.11. The van der Waals surface area contributed by atoms with Crippen LogP contribution in [0.1, 0.15) is 32.3 Å². The van der Waals surface area contributed by atoms with Gasteiger partial charge in [0.05, 0.1) is 16.2 Å². The van der Waals surface area contributed by atoms with Crippen molar-refractivity contribution in [1.82, 2.24) is 24.5 Å². The molecule has 0 saturated carbocycles. The number of benzene rings is 2. The van der Waals surface area contributed by atoms with E-state index in [1.165, 1.54) is 11.8 Å². The Hall–Kier alpha value is -3.53. The minimum Gasteiger partial charge on any atom is -0.454 e. The molecule has 0 saturated heterocycles. The number of carbonyl (C=O) groups is 1. The lowest BCUT2D eigenvalue weighted by Gasteiger charge is -2.13. The van der Waals surface area contributed by atoms with Crippen LogP contribution in [0.5, 0.6) is 11.5 Å². The molecule has 2 aromatic heterocycles. The van der Waals surface area contributed by atoms with Gasteiger partial charge in [-0.05, 0) is 43.2 Å². The average molecular weight is 480 g/mol. The number of rotatable bonds is 8. The van der Waals surface area contributed by atoms with Gasteiger partial charge in [0.1, 0.15) is 0 Å². The zero-order chi connectivity index (χ0) is 23.7. The van der Waals surface area contributed by atoms with E-state index in [4.69, 9.17) is 9.47 Å². The fraction of sp³-hybridized carbons (Fsp3) is 0.333. The molecule has 1 amide bonds. The van der Waals surface area contributed by atoms with Crippen LogP contribution in [0, 0.1) is 0 Å². The topological polar surface area (TPSA) is 99.8 Å². The third-order valence-electron chi connectivity index (χ3n) is 5.77. The van der Waals surface area contributed by atoms with Crippen molar-refractivity contribution in [2.75, 3.05) is 6.79 Å². The Labute approximate surface area is 200 Å². The maximum absolute atomic E-state index is 13.1. The molecule has 1 aliphatic heterocycles. The Bertz CT molecular complexity index is 1430. The molecular formula is C24H25N5O4S. The van der Waals surface area contributed by atoms with Crippen molar-refractivity contribution in [2.45, 2.75) is 50.2 Å². The number of hydrogen-bond acceptors (Lipinski definition) is 7. The van der Waals surface area contributed by atoms with Crippen molar-refractivity contribution in [1.29, 1.82) is 0 Å². The van der Waals surface area contributed by atoms with Crippen LogP contribution in [0.3, 0.4) is 0 Å². The number of para-hydroxylation sites is 1. The molecule has 176 valence electrons. The molecule has 4 aromatic rings. The predicted molar refractivity (Wildman–Crippen MR) is 129 cm³/mol. The third kappa shape index (κ3) is 4.09. The van der Waals surface area contributed by atoms with E-state index in [2.05, 4.69) is 22.4 Å². The highest BCUT2D eigenvalue weighted by Gasteiger charge is 2.22. The zero-order valence-electron chi connectivity index (χ0n) is 19.0. The average Bonchev–Trinajstić information content (AvgIpc) is 3.49. The molecular weight excluding hydrogens is 454 g/mol. The molecule has 9 nitrogen and oxygen atoms in total. The Kier molecular flexibility index (Phi) is 6.14. The van der Waals surface area contributed by atoms with Gasteiger partial charge in [0.2, 0.25) is 18.5 Å². The van der Waals surface area contributed by atoms with Crippen LogP contribution in [-0.4, -0.2) is 37.1 Å². The van der Waals surface area contributed by atoms with Gasteiger partial charge in [-0.25, -0.2) is 0 Å². The molecule has 10 heteroatoms. The van der Waals surface area contributed by atoms with Gasteiger partial charge in [0, 0.05) is 13.1 Å². The fourth-order valence-electron chi connectivity index (χ4n) is 3.92. The van der Waals surface area contributed by atoms with Crippen LogP contribution in [0.4, 0.5) is 0 Å². The summed E-state index contributed by atoms with van der Waals surface area (Å²) in [6.45, 7) is 5.07. The first-order valence-electron chi connectivity index (χ1n) is 11.3. The lowest BCUT2D eigenvalue weighted by Crippen LogP contribution is -2.30. The van der Waals surface area contributed by atoms with Gasteiger partial charge in [-0.15, -0.1) is 10.2 Å². The minimum absolute atomic E-state index is 0.0741. The predicted octanol–water partition coefficient (Wildman–Crippen LogP) is 3.37. The van der Waals surface area contributed by atoms with Gasteiger partial charge in [-0.3, -0.25) is 18.6 Å². The highest BCUT2D eigenvalue weighted by atomic mass is 32.2. The van der Waals surface area contributed by atoms with E-state index in [0.29, 0.717) is 40.9 Å². The van der Waals surface area contributed by atoms with Crippen LogP contribution >= 0.6 is 11.8 Å². The summed E-state index contributed by atoms with van der Waals surface area (Å²) in [5.41, 5.74) is 1.58. The molecule has 0 radical (unpaired) electrons. The molecule has 0 fully saturated rings. The third-order valence-corrected chi connectivity index (χ3v) is 6.81. The van der Waals surface area contributed by atoms with E-state index >= 15 is 0 Å². The number of aryl methyl sites for hydroxylation is 1. The first kappa shape index (κ1) is 22.3. The van der Waals surface area contributed by atoms with Crippen molar-refractivity contribution < 1.29 is 14.3 Å². The molecule has 34 heavy (non-hydrogen) atoms. The molecule has 5 rings (SSSR count). The largest absolute Gasteiger partial charge is 0.454 e. The molecule has 2 aromatic carbocycles. The smallest absolute Gasteiger partial charge is 0.262 e. The molecule has 0 spiro atoms. The number of ether oxygens (including phenoxy) is 2. The standard InChI is InChI=1S/C24H25N5O4S/c1-3-4-11-28-22(31)17-7-5-6-8-18(17)29-23(28)26-27-24(29)34-15(2)21(30)25-13-16-9-10-19-20(12-16)33-14-32-19/h5-10,12,15H,3-4,11,13-14H2,1-2H3,(H,25,30). The Morgan fingerprint density at radius 3 is 2.85 bits per heavy atom. The minimum atomic E-state index is -0.420. The summed E-state index contributed by atoms with van der Waals surface area (Å²) in [5.74, 6) is 1.77. The Morgan fingerprint density at radius 1 is 1.18 bits per heavy atom. The summed E-state index contributed by atoms with van der Waals surface area (Å²) in [6, 6.07) is 13.0. The second kappa shape index (κ2) is 9.38. The summed E-state index contributed by atoms with van der Waals surface area (Å²) < 4.78 is 14.3. The molecule has 0 bridgehead atoms. The molecule has 1 atom stereocenters. The van der Waals surface area contributed by atoms with E-state index in [9.17, 15) is 9.59 Å². The molecule has 0 aliphatic carbocycles. The Balaban J connectivity index is 1.38. The lowest BCUT2D eigenvalue weighted by molar-refractivity contribution is -0.120. The number of carbonyl (C=O) groups excluding carboxylic acids is 1. The van der Waals surface area contributed by atoms with Crippen molar-refractivity contribution in [3.05, 3.63) is 58.4 Å². The lowest BCUT2D eigenvalue weighted by atomic mass is 10.2. The van der Waals surface area contributed by atoms with Crippen LogP contribution < -0.4 is 20.3 Å². The van der Waals surface area contributed by atoms with E-state index in [1.54, 1.807) is 4.57 Å². The van der Waals surface area contributed by atoms with Crippen molar-refractivity contribution in [3.8, 4) is 11.5 Å². The normalized spacial score (nSPS) is 13.5. The highest BCUT2D eigenvalue weighted by Crippen LogP contribution is 2.32. The number of amides is 1. The van der Waals surface area contributed by atoms with Crippen molar-refractivity contribution in [2.24, 2.45) is 0 Å². The van der Waals surface area contributed by atoms with Crippen LogP contribution in [0.2, 0.25) is 0 Å². The number of nitrogens with zero attached hydrogens (tertiary/aromatic N) is 4. The number of aromatic nitrogens is 4. The van der Waals surface area contributed by atoms with Crippen LogP contribution in [0.15, 0.2) is 52.4 Å². The fourth-order valence-corrected chi connectivity index (χ4v) is 4.80. The summed E-state index contributed by atoms with van der Waals surface area (Å²) in [4.78, 5) is 25.9. The van der Waals surface area contributed by atoms with Gasteiger partial charge in [-0.2, -0.15) is 0 Å². The number of unbranched alkanes of at least 4 members (excludes halogenated alkanes) is 1. The molecule has 1 N–H and O–H groups in total. The van der Waals surface area contributed by atoms with Gasteiger partial charge >= 0.3 is 0 Å². The van der Waals surface area contributed by atoms with E-state index in [-0.39, 0.29) is 18.3 Å². The quantitative estimate of drug-likeness (QED) is 0.387. The van der Waals surface area contributed by atoms with Gasteiger partial charge in [0.15, 0.2) is 16.7 Å². The maximum Gasteiger partial charge on any atom is 0.262 e. The summed E-state index contributed by atoms with van der Waals surface area (Å²) in [7, 11) is 0. The summed E-state index contributed by atoms with van der Waals surface area (Å²) in [6.07, 6.45) is 1.82. The Morgan fingerprint density at radius 2 is 2.00 bits per heavy atom. The molecule has 1 aliphatic rings. The van der Waals surface area contributed by atoms with Crippen LogP contribution in [-0.2, 0) is 17.9 Å². The van der Waals surface area contributed by atoms with Crippen LogP contribution in [0.25, 0.3) is 16.7 Å². The molecule has 3 heterocycles. The number of nitrogens with one attached hydrogen (secondary N) is 1. The number of hydrogen-bond donors (Lipinski definition) is 1. The monoisotopic (exact) mass is 479 g/mol. The van der Waals surface area contributed by atoms with Gasteiger partial charge in [-0.1, -0.05) is 43.3 Å². The van der Waals surface area contributed by atoms with E-state index in [1.807, 2.05) is 53.8 Å². The van der Waals surface area contributed by atoms with Gasteiger partial charge in [0.25, 0.3) is 5.56 Å². The first-order chi connectivity index (χ1) is 16.6. The maximum atomic E-state index is 13.1. The van der Waals surface area contributed by atoms with E-state index < -0.39 is 5.25 Å². The van der Waals surface area contributed by atoms with Crippen molar-refractivity contribution >= 4 is 34.3 Å². The second-order valence-corrected chi connectivity index (χ2v) is 9.42. The highest BCUT2D eigenvalue weighted by molar-refractivity contribution is 8.00. The summed E-state index contributed by atoms with van der Waals surface area (Å²) in [5, 5.41) is 12.4. The number of fused-ring (bicyclic) bond motifs is 4. The summed E-state index contributed by atoms with van der Waals surface area (Å²) >= 11 is 1.31. The molecule has 1 unspecified atom stereocenters. The zero-order valence-corrected chi connectivity index (χ0v) is 19.8.